The summed E-state index contributed by atoms with van der Waals surface area (Å²) in [4.78, 5) is 21.2. The van der Waals surface area contributed by atoms with Crippen LogP contribution < -0.4 is 20.7 Å². The summed E-state index contributed by atoms with van der Waals surface area (Å²) in [5.41, 5.74) is 3.09. The van der Waals surface area contributed by atoms with E-state index in [4.69, 9.17) is 4.74 Å². The van der Waals surface area contributed by atoms with Gasteiger partial charge in [0, 0.05) is 43.4 Å². The Kier molecular flexibility index (Phi) is 9.13. The number of hydrogen-bond donors (Lipinski definition) is 3. The summed E-state index contributed by atoms with van der Waals surface area (Å²) in [6, 6.07) is 11.9. The Bertz CT molecular complexity index is 913. The van der Waals surface area contributed by atoms with Gasteiger partial charge in [0.05, 0.1) is 6.54 Å². The molecule has 1 aliphatic carbocycles. The van der Waals surface area contributed by atoms with E-state index in [0.29, 0.717) is 31.5 Å². The molecule has 7 nitrogen and oxygen atoms in total. The molecule has 0 radical (unpaired) electrons. The van der Waals surface area contributed by atoms with Gasteiger partial charge in [0.2, 0.25) is 11.8 Å². The third-order valence-electron chi connectivity index (χ3n) is 5.77. The van der Waals surface area contributed by atoms with Gasteiger partial charge < -0.3 is 20.7 Å². The van der Waals surface area contributed by atoms with Gasteiger partial charge in [-0.3, -0.25) is 4.79 Å². The number of para-hydroxylation sites is 1. The van der Waals surface area contributed by atoms with Crippen LogP contribution in [0, 0.1) is 0 Å². The van der Waals surface area contributed by atoms with E-state index in [9.17, 15) is 4.79 Å². The van der Waals surface area contributed by atoms with Crippen LogP contribution in [0.15, 0.2) is 47.6 Å². The van der Waals surface area contributed by atoms with Gasteiger partial charge >= 0.3 is 0 Å². The second-order valence-electron chi connectivity index (χ2n) is 8.14. The molecule has 8 heteroatoms. The summed E-state index contributed by atoms with van der Waals surface area (Å²) < 4.78 is 5.93. The van der Waals surface area contributed by atoms with E-state index in [0.717, 1.165) is 42.2 Å². The molecule has 2 heterocycles. The lowest BCUT2D eigenvalue weighted by Crippen LogP contribution is -2.40. The number of anilines is 1. The lowest BCUT2D eigenvalue weighted by molar-refractivity contribution is -0.116. The van der Waals surface area contributed by atoms with Gasteiger partial charge in [-0.2, -0.15) is 0 Å². The molecule has 1 saturated carbocycles. The number of halogens is 1. The average Bonchev–Trinajstić information content (AvgIpc) is 3.29. The normalized spacial score (nSPS) is 18.3. The lowest BCUT2D eigenvalue weighted by atomic mass is 9.90. The van der Waals surface area contributed by atoms with Crippen molar-refractivity contribution in [3.63, 3.8) is 0 Å². The highest BCUT2D eigenvalue weighted by molar-refractivity contribution is 14.0. The van der Waals surface area contributed by atoms with Crippen LogP contribution in [-0.4, -0.2) is 36.0 Å². The fourth-order valence-electron chi connectivity index (χ4n) is 4.17. The summed E-state index contributed by atoms with van der Waals surface area (Å²) in [6.07, 6.45) is 7.35. The maximum atomic E-state index is 12.1. The predicted molar refractivity (Wildman–Crippen MR) is 138 cm³/mol. The number of hydrogen-bond acceptors (Lipinski definition) is 4. The van der Waals surface area contributed by atoms with Gasteiger partial charge in [0.15, 0.2) is 5.96 Å². The fraction of sp³-hybridized carbons (Fsp3) is 0.458. The first-order valence-electron chi connectivity index (χ1n) is 11.2. The van der Waals surface area contributed by atoms with Crippen LogP contribution in [0.4, 0.5) is 5.69 Å². The molecule has 1 unspecified atom stereocenters. The molecule has 1 fully saturated rings. The monoisotopic (exact) mass is 549 g/mol. The quantitative estimate of drug-likeness (QED) is 0.274. The number of fused-ring (bicyclic) bond motifs is 1. The molecule has 1 amide bonds. The van der Waals surface area contributed by atoms with E-state index in [1.807, 2.05) is 43.5 Å². The number of rotatable bonds is 7. The average molecular weight is 549 g/mol. The number of carbonyl (C=O) groups excluding carboxylic acids is 1. The van der Waals surface area contributed by atoms with Gasteiger partial charge in [0.1, 0.15) is 6.10 Å². The number of amides is 1. The van der Waals surface area contributed by atoms with E-state index >= 15 is 0 Å². The van der Waals surface area contributed by atoms with Crippen LogP contribution in [0.25, 0.3) is 0 Å². The van der Waals surface area contributed by atoms with Crippen molar-refractivity contribution in [2.75, 3.05) is 18.4 Å². The third kappa shape index (κ3) is 6.57. The Balaban J connectivity index is 0.00000289. The SMILES string of the molecule is CCNC(=NCc1ccc(OC2CCCC2)nc1)NCC1CC(=O)Nc2ccccc21.I. The second kappa shape index (κ2) is 12.0. The number of benzene rings is 1. The van der Waals surface area contributed by atoms with Gasteiger partial charge in [-0.1, -0.05) is 24.3 Å². The summed E-state index contributed by atoms with van der Waals surface area (Å²) in [6.45, 7) is 3.97. The van der Waals surface area contributed by atoms with Crippen molar-refractivity contribution >= 4 is 41.5 Å². The van der Waals surface area contributed by atoms with E-state index < -0.39 is 0 Å². The number of aliphatic imine (C=N–C) groups is 1. The zero-order valence-corrected chi connectivity index (χ0v) is 20.8. The van der Waals surface area contributed by atoms with Gasteiger partial charge in [-0.05, 0) is 49.8 Å². The Hall–Kier alpha value is -2.36. The zero-order valence-electron chi connectivity index (χ0n) is 18.5. The Morgan fingerprint density at radius 2 is 2.00 bits per heavy atom. The molecular weight excluding hydrogens is 517 g/mol. The van der Waals surface area contributed by atoms with Crippen LogP contribution in [0.5, 0.6) is 5.88 Å². The molecule has 4 rings (SSSR count). The second-order valence-corrected chi connectivity index (χ2v) is 8.14. The van der Waals surface area contributed by atoms with Crippen molar-refractivity contribution in [1.29, 1.82) is 0 Å². The van der Waals surface area contributed by atoms with Crippen molar-refractivity contribution in [3.8, 4) is 5.88 Å². The van der Waals surface area contributed by atoms with Crippen molar-refractivity contribution in [2.45, 2.75) is 57.6 Å². The minimum absolute atomic E-state index is 0. The Morgan fingerprint density at radius 1 is 1.19 bits per heavy atom. The topological polar surface area (TPSA) is 87.6 Å². The number of carbonyl (C=O) groups is 1. The number of aromatic nitrogens is 1. The highest BCUT2D eigenvalue weighted by Gasteiger charge is 2.24. The maximum absolute atomic E-state index is 12.1. The number of guanidine groups is 1. The molecule has 1 aliphatic heterocycles. The summed E-state index contributed by atoms with van der Waals surface area (Å²) in [5.74, 6) is 1.59. The van der Waals surface area contributed by atoms with Gasteiger partial charge in [-0.15, -0.1) is 24.0 Å². The van der Waals surface area contributed by atoms with E-state index in [2.05, 4.69) is 32.0 Å². The van der Waals surface area contributed by atoms with Gasteiger partial charge in [0.25, 0.3) is 0 Å². The summed E-state index contributed by atoms with van der Waals surface area (Å²) >= 11 is 0. The fourth-order valence-corrected chi connectivity index (χ4v) is 4.17. The summed E-state index contributed by atoms with van der Waals surface area (Å²) in [5, 5.41) is 9.62. The smallest absolute Gasteiger partial charge is 0.225 e. The van der Waals surface area contributed by atoms with Crippen molar-refractivity contribution in [3.05, 3.63) is 53.7 Å². The molecule has 2 aromatic rings. The summed E-state index contributed by atoms with van der Waals surface area (Å²) in [7, 11) is 0. The lowest BCUT2D eigenvalue weighted by Gasteiger charge is -2.26. The van der Waals surface area contributed by atoms with Crippen LogP contribution in [0.1, 0.15) is 56.1 Å². The first-order valence-corrected chi connectivity index (χ1v) is 11.2. The number of pyridine rings is 1. The Labute approximate surface area is 206 Å². The largest absolute Gasteiger partial charge is 0.474 e. The van der Waals surface area contributed by atoms with E-state index in [1.54, 1.807) is 0 Å². The molecule has 2 aliphatic rings. The van der Waals surface area contributed by atoms with Crippen molar-refractivity contribution < 1.29 is 9.53 Å². The molecule has 0 spiro atoms. The minimum Gasteiger partial charge on any atom is -0.474 e. The first-order chi connectivity index (χ1) is 15.2. The van der Waals surface area contributed by atoms with Crippen molar-refractivity contribution in [2.24, 2.45) is 4.99 Å². The van der Waals surface area contributed by atoms with E-state index in [1.165, 1.54) is 12.8 Å². The first kappa shape index (κ1) is 24.3. The molecule has 3 N–H and O–H groups in total. The number of nitrogens with zero attached hydrogens (tertiary/aromatic N) is 2. The predicted octanol–water partition coefficient (Wildman–Crippen LogP) is 4.20. The molecular formula is C24H32IN5O2. The Morgan fingerprint density at radius 3 is 2.75 bits per heavy atom. The maximum Gasteiger partial charge on any atom is 0.225 e. The standard InChI is InChI=1S/C24H31N5O2.HI/c1-2-25-24(28-16-18-13-22(30)29-21-10-6-5-9-20(18)21)27-15-17-11-12-23(26-14-17)31-19-7-3-4-8-19;/h5-6,9-12,14,18-19H,2-4,7-8,13,15-16H2,1H3,(H,29,30)(H2,25,27,28);1H. The highest BCUT2D eigenvalue weighted by Crippen LogP contribution is 2.31. The molecule has 1 aromatic heterocycles. The highest BCUT2D eigenvalue weighted by atomic mass is 127. The number of nitrogens with one attached hydrogen (secondary N) is 3. The minimum atomic E-state index is 0. The van der Waals surface area contributed by atoms with Crippen LogP contribution in [0.3, 0.4) is 0 Å². The zero-order chi connectivity index (χ0) is 21.5. The van der Waals surface area contributed by atoms with Crippen molar-refractivity contribution in [1.82, 2.24) is 15.6 Å². The molecule has 1 aromatic carbocycles. The van der Waals surface area contributed by atoms with Crippen LogP contribution >= 0.6 is 24.0 Å². The molecule has 0 bridgehead atoms. The van der Waals surface area contributed by atoms with E-state index in [-0.39, 0.29) is 35.8 Å². The van der Waals surface area contributed by atoms with Crippen LogP contribution in [0.2, 0.25) is 0 Å². The van der Waals surface area contributed by atoms with Crippen LogP contribution in [-0.2, 0) is 11.3 Å². The molecule has 32 heavy (non-hydrogen) atoms. The number of ether oxygens (including phenoxy) is 1. The molecule has 1 atom stereocenters. The third-order valence-corrected chi connectivity index (χ3v) is 5.77. The van der Waals surface area contributed by atoms with Gasteiger partial charge in [-0.25, -0.2) is 9.98 Å². The molecule has 172 valence electrons. The molecule has 0 saturated heterocycles.